The molecule has 0 radical (unpaired) electrons. The summed E-state index contributed by atoms with van der Waals surface area (Å²) in [5.74, 6) is -0.908. The number of carbonyl (C=O) groups is 2. The van der Waals surface area contributed by atoms with Crippen molar-refractivity contribution in [2.45, 2.75) is 212 Å². The van der Waals surface area contributed by atoms with Crippen LogP contribution in [0.1, 0.15) is 188 Å². The first-order chi connectivity index (χ1) is 21.0. The van der Waals surface area contributed by atoms with Crippen molar-refractivity contribution in [2.24, 2.45) is 0 Å². The normalized spacial score (nSPS) is 12.3. The first kappa shape index (κ1) is 43.5. The van der Waals surface area contributed by atoms with Crippen LogP contribution in [-0.4, -0.2) is 63.5 Å². The fourth-order valence-corrected chi connectivity index (χ4v) is 20.1. The van der Waals surface area contributed by atoms with Crippen LogP contribution >= 0.6 is 0 Å². The van der Waals surface area contributed by atoms with Gasteiger partial charge in [-0.3, -0.25) is 0 Å². The number of carbonyl (C=O) groups excluding carboxylic acids is 2. The number of aliphatic hydroxyl groups excluding tert-OH is 1. The Morgan fingerprint density at radius 2 is 0.744 bits per heavy atom. The molecule has 0 aliphatic rings. The molecule has 7 heteroatoms. The molecule has 0 aromatic carbocycles. The molecule has 0 spiro atoms. The molecule has 0 rings (SSSR count). The molecule has 5 nitrogen and oxygen atoms in total. The van der Waals surface area contributed by atoms with Gasteiger partial charge in [0, 0.05) is 0 Å². The zero-order valence-electron chi connectivity index (χ0n) is 29.3. The number of hydrogen-bond acceptors (Lipinski definition) is 5. The summed E-state index contributed by atoms with van der Waals surface area (Å²) in [4.78, 5) is 25.8. The van der Waals surface area contributed by atoms with E-state index < -0.39 is 52.4 Å². The van der Waals surface area contributed by atoms with E-state index in [1.165, 1.54) is 128 Å². The first-order valence-corrected chi connectivity index (χ1v) is 31.1. The molecule has 1 N–H and O–H groups in total. The van der Waals surface area contributed by atoms with Crippen molar-refractivity contribution in [3.05, 3.63) is 0 Å². The molecule has 0 aliphatic heterocycles. The van der Waals surface area contributed by atoms with Crippen molar-refractivity contribution in [1.82, 2.24) is 0 Å². The summed E-state index contributed by atoms with van der Waals surface area (Å²) in [5, 5.41) is 10.7. The number of rotatable bonds is 33. The van der Waals surface area contributed by atoms with Crippen LogP contribution in [0, 0.1) is 0 Å². The van der Waals surface area contributed by atoms with E-state index in [2.05, 4.69) is 27.7 Å². The van der Waals surface area contributed by atoms with E-state index in [0.717, 1.165) is 43.4 Å². The van der Waals surface area contributed by atoms with Gasteiger partial charge in [-0.2, -0.15) is 0 Å². The van der Waals surface area contributed by atoms with E-state index in [0.29, 0.717) is 0 Å². The Morgan fingerprint density at radius 3 is 1.07 bits per heavy atom. The van der Waals surface area contributed by atoms with Crippen LogP contribution in [0.3, 0.4) is 0 Å². The molecule has 1 atom stereocenters. The molecular formula is C36H74O5Sn2. The SMILES string of the molecule is CCCCCCC[CH2][SnH]([CH2]CCCCCCC)[O]C(=O)CC(O)C(=O)[O][SnH]([CH2]CCCCCCC)[CH2]CCCCCCC. The van der Waals surface area contributed by atoms with E-state index in [1.54, 1.807) is 0 Å². The van der Waals surface area contributed by atoms with Gasteiger partial charge in [0.2, 0.25) is 0 Å². The molecule has 0 aromatic rings. The Balaban J connectivity index is 4.77. The molecule has 0 bridgehead atoms. The number of unbranched alkanes of at least 4 members (excludes halogenated alkanes) is 20. The molecule has 0 aliphatic carbocycles. The van der Waals surface area contributed by atoms with E-state index in [9.17, 15) is 14.7 Å². The number of hydrogen-bond donors (Lipinski definition) is 1. The summed E-state index contributed by atoms with van der Waals surface area (Å²) in [6.45, 7) is 8.96. The average Bonchev–Trinajstić information content (AvgIpc) is 2.99. The van der Waals surface area contributed by atoms with Gasteiger partial charge >= 0.3 is 285 Å². The Hall–Kier alpha value is 0.497. The second kappa shape index (κ2) is 33.8. The molecule has 0 saturated carbocycles. The van der Waals surface area contributed by atoms with Gasteiger partial charge < -0.3 is 0 Å². The quantitative estimate of drug-likeness (QED) is 0.0527. The molecule has 0 saturated heterocycles. The third kappa shape index (κ3) is 29.6. The topological polar surface area (TPSA) is 72.8 Å². The minimum absolute atomic E-state index is 0.230. The molecule has 0 heterocycles. The van der Waals surface area contributed by atoms with E-state index >= 15 is 0 Å². The maximum absolute atomic E-state index is 12.9. The van der Waals surface area contributed by atoms with Crippen LogP contribution in [0.4, 0.5) is 0 Å². The third-order valence-corrected chi connectivity index (χ3v) is 24.1. The van der Waals surface area contributed by atoms with Crippen molar-refractivity contribution in [2.75, 3.05) is 0 Å². The zero-order valence-corrected chi connectivity index (χ0v) is 35.9. The van der Waals surface area contributed by atoms with Crippen molar-refractivity contribution in [1.29, 1.82) is 0 Å². The minimum atomic E-state index is -2.55. The molecular weight excluding hydrogens is 750 g/mol. The van der Waals surface area contributed by atoms with Gasteiger partial charge in [-0.15, -0.1) is 0 Å². The predicted molar refractivity (Wildman–Crippen MR) is 190 cm³/mol. The van der Waals surface area contributed by atoms with Gasteiger partial charge in [-0.25, -0.2) is 0 Å². The van der Waals surface area contributed by atoms with Crippen LogP contribution in [-0.2, 0) is 15.7 Å². The van der Waals surface area contributed by atoms with Crippen molar-refractivity contribution >= 4 is 52.3 Å². The maximum atomic E-state index is 12.9. The van der Waals surface area contributed by atoms with Crippen molar-refractivity contribution in [3.8, 4) is 0 Å². The molecule has 1 unspecified atom stereocenters. The van der Waals surface area contributed by atoms with Crippen LogP contribution in [0.25, 0.3) is 0 Å². The van der Waals surface area contributed by atoms with Crippen LogP contribution in [0.15, 0.2) is 0 Å². The Morgan fingerprint density at radius 1 is 0.465 bits per heavy atom. The monoisotopic (exact) mass is 826 g/mol. The average molecular weight is 824 g/mol. The third-order valence-electron chi connectivity index (χ3n) is 8.73. The van der Waals surface area contributed by atoms with Crippen LogP contribution in [0.5, 0.6) is 0 Å². The second-order valence-corrected chi connectivity index (χ2v) is 28.2. The predicted octanol–water partition coefficient (Wildman–Crippen LogP) is 10.7. The van der Waals surface area contributed by atoms with E-state index in [1.807, 2.05) is 0 Å². The summed E-state index contributed by atoms with van der Waals surface area (Å²) < 4.78 is 16.4. The second-order valence-electron chi connectivity index (χ2n) is 13.1. The van der Waals surface area contributed by atoms with Gasteiger partial charge in [0.15, 0.2) is 0 Å². The van der Waals surface area contributed by atoms with E-state index in [-0.39, 0.29) is 12.4 Å². The molecule has 0 fully saturated rings. The van der Waals surface area contributed by atoms with Crippen molar-refractivity contribution < 1.29 is 20.8 Å². The Bertz CT molecular complexity index is 586. The first-order valence-electron chi connectivity index (χ1n) is 19.1. The summed E-state index contributed by atoms with van der Waals surface area (Å²) in [5.41, 5.74) is 0. The Labute approximate surface area is 283 Å². The summed E-state index contributed by atoms with van der Waals surface area (Å²) >= 11 is -5.04. The molecule has 43 heavy (non-hydrogen) atoms. The number of aliphatic hydroxyl groups is 1. The standard InChI is InChI=1S/4C8H17.C4H6O5.2Sn.2H/c4*1-3-5-7-8-6-4-2;5-2(4(8)9)1-3(6)7;;;;/h4*1,3-8H2,2H3;2,5H,1H2,(H,6,7)(H,8,9);;;;/q;;;;;2*+1;;/p-2. The molecule has 256 valence electrons. The fourth-order valence-electron chi connectivity index (χ4n) is 5.85. The zero-order chi connectivity index (χ0) is 31.8. The Kier molecular flexibility index (Phi) is 34.2. The van der Waals surface area contributed by atoms with Gasteiger partial charge in [-0.05, 0) is 0 Å². The van der Waals surface area contributed by atoms with Crippen LogP contribution < -0.4 is 0 Å². The van der Waals surface area contributed by atoms with Gasteiger partial charge in [0.1, 0.15) is 0 Å². The fraction of sp³-hybridized carbons (Fsp3) is 0.944. The van der Waals surface area contributed by atoms with Gasteiger partial charge in [0.25, 0.3) is 0 Å². The van der Waals surface area contributed by atoms with Gasteiger partial charge in [0.05, 0.1) is 0 Å². The summed E-state index contributed by atoms with van der Waals surface area (Å²) in [6.07, 6.45) is 28.3. The van der Waals surface area contributed by atoms with Crippen molar-refractivity contribution in [3.63, 3.8) is 0 Å². The van der Waals surface area contributed by atoms with E-state index in [4.69, 9.17) is 6.15 Å². The summed E-state index contributed by atoms with van der Waals surface area (Å²) in [7, 11) is 0. The molecule has 0 amide bonds. The van der Waals surface area contributed by atoms with Gasteiger partial charge in [-0.1, -0.05) is 0 Å². The summed E-state index contributed by atoms with van der Waals surface area (Å²) in [6, 6.07) is 0. The van der Waals surface area contributed by atoms with Crippen LogP contribution in [0.2, 0.25) is 17.7 Å². The molecule has 0 aromatic heterocycles.